The number of carbonyl (C=O) groups is 2. The average Bonchev–Trinajstić information content (AvgIpc) is 3.03. The Bertz CT molecular complexity index is 1140. The SMILES string of the molecule is CCCOc1ccc(C2=C(Sc3ccccc3)C(=O)N(c3ccccc3Cl)C2=O)cc1. The second kappa shape index (κ2) is 9.41. The van der Waals surface area contributed by atoms with Crippen LogP contribution < -0.4 is 9.64 Å². The van der Waals surface area contributed by atoms with Gasteiger partial charge in [-0.25, -0.2) is 4.90 Å². The van der Waals surface area contributed by atoms with Gasteiger partial charge in [-0.05, 0) is 48.4 Å². The van der Waals surface area contributed by atoms with Crippen LogP contribution in [0.3, 0.4) is 0 Å². The molecule has 4 nitrogen and oxygen atoms in total. The van der Waals surface area contributed by atoms with Gasteiger partial charge in [-0.3, -0.25) is 9.59 Å². The lowest BCUT2D eigenvalue weighted by atomic mass is 10.1. The van der Waals surface area contributed by atoms with Crippen LogP contribution in [-0.2, 0) is 9.59 Å². The Morgan fingerprint density at radius 1 is 0.871 bits per heavy atom. The zero-order valence-corrected chi connectivity index (χ0v) is 18.5. The highest BCUT2D eigenvalue weighted by Crippen LogP contribution is 2.42. The van der Waals surface area contributed by atoms with Gasteiger partial charge in [-0.1, -0.05) is 72.8 Å². The summed E-state index contributed by atoms with van der Waals surface area (Å²) in [6.45, 7) is 2.66. The number of thioether (sulfide) groups is 1. The molecule has 31 heavy (non-hydrogen) atoms. The molecule has 0 saturated carbocycles. The van der Waals surface area contributed by atoms with Crippen LogP contribution in [0.1, 0.15) is 18.9 Å². The summed E-state index contributed by atoms with van der Waals surface area (Å²) < 4.78 is 5.65. The highest BCUT2D eigenvalue weighted by molar-refractivity contribution is 8.04. The van der Waals surface area contributed by atoms with Crippen LogP contribution in [0.5, 0.6) is 5.75 Å². The number of amides is 2. The fraction of sp³-hybridized carbons (Fsp3) is 0.120. The minimum atomic E-state index is -0.390. The summed E-state index contributed by atoms with van der Waals surface area (Å²) >= 11 is 7.60. The van der Waals surface area contributed by atoms with Gasteiger partial charge in [-0.15, -0.1) is 0 Å². The van der Waals surface area contributed by atoms with Crippen molar-refractivity contribution in [1.82, 2.24) is 0 Å². The van der Waals surface area contributed by atoms with E-state index in [1.165, 1.54) is 11.8 Å². The summed E-state index contributed by atoms with van der Waals surface area (Å²) in [5, 5.41) is 0.345. The van der Waals surface area contributed by atoms with Gasteiger partial charge in [0.15, 0.2) is 0 Å². The number of hydrogen-bond donors (Lipinski definition) is 0. The zero-order valence-electron chi connectivity index (χ0n) is 16.9. The van der Waals surface area contributed by atoms with Crippen molar-refractivity contribution in [2.75, 3.05) is 11.5 Å². The Hall–Kier alpha value is -3.02. The van der Waals surface area contributed by atoms with Crippen LogP contribution >= 0.6 is 23.4 Å². The average molecular weight is 450 g/mol. The summed E-state index contributed by atoms with van der Waals surface area (Å²) in [7, 11) is 0. The Kier molecular flexibility index (Phi) is 6.44. The first-order valence-corrected chi connectivity index (χ1v) is 11.1. The lowest BCUT2D eigenvalue weighted by Crippen LogP contribution is -2.31. The monoisotopic (exact) mass is 449 g/mol. The van der Waals surface area contributed by atoms with Gasteiger partial charge in [-0.2, -0.15) is 0 Å². The van der Waals surface area contributed by atoms with Crippen LogP contribution in [-0.4, -0.2) is 18.4 Å². The minimum absolute atomic E-state index is 0.345. The fourth-order valence-corrected chi connectivity index (χ4v) is 4.49. The maximum Gasteiger partial charge on any atom is 0.272 e. The summed E-state index contributed by atoms with van der Waals surface area (Å²) in [6.07, 6.45) is 0.907. The second-order valence-electron chi connectivity index (χ2n) is 6.89. The maximum atomic E-state index is 13.5. The molecule has 0 spiro atoms. The highest BCUT2D eigenvalue weighted by atomic mass is 35.5. The molecule has 6 heteroatoms. The van der Waals surface area contributed by atoms with Crippen molar-refractivity contribution in [3.63, 3.8) is 0 Å². The summed E-state index contributed by atoms with van der Waals surface area (Å²) in [5.41, 5.74) is 1.40. The van der Waals surface area contributed by atoms with Gasteiger partial charge in [0.25, 0.3) is 11.8 Å². The normalized spacial score (nSPS) is 13.8. The van der Waals surface area contributed by atoms with Crippen LogP contribution in [0.15, 0.2) is 88.7 Å². The molecule has 4 rings (SSSR count). The molecule has 0 bridgehead atoms. The summed E-state index contributed by atoms with van der Waals surface area (Å²) in [5.74, 6) is -0.0461. The Morgan fingerprint density at radius 3 is 2.23 bits per heavy atom. The van der Waals surface area contributed by atoms with Gasteiger partial charge in [0.1, 0.15) is 5.75 Å². The topological polar surface area (TPSA) is 46.6 Å². The van der Waals surface area contributed by atoms with Crippen molar-refractivity contribution in [2.24, 2.45) is 0 Å². The van der Waals surface area contributed by atoms with Crippen LogP contribution in [0.4, 0.5) is 5.69 Å². The molecular formula is C25H20ClNO3S. The highest BCUT2D eigenvalue weighted by Gasteiger charge is 2.41. The van der Waals surface area contributed by atoms with Crippen molar-refractivity contribution in [2.45, 2.75) is 18.2 Å². The van der Waals surface area contributed by atoms with Gasteiger partial charge in [0.05, 0.1) is 27.8 Å². The van der Waals surface area contributed by atoms with Gasteiger partial charge in [0.2, 0.25) is 0 Å². The number of imide groups is 1. The summed E-state index contributed by atoms with van der Waals surface area (Å²) in [6, 6.07) is 23.6. The molecule has 3 aromatic rings. The molecular weight excluding hydrogens is 430 g/mol. The number of halogens is 1. The Morgan fingerprint density at radius 2 is 1.55 bits per heavy atom. The number of carbonyl (C=O) groups excluding carboxylic acids is 2. The third kappa shape index (κ3) is 4.38. The van der Waals surface area contributed by atoms with Crippen molar-refractivity contribution >= 4 is 46.4 Å². The lowest BCUT2D eigenvalue weighted by molar-refractivity contribution is -0.119. The molecule has 1 aliphatic heterocycles. The van der Waals surface area contributed by atoms with Crippen molar-refractivity contribution in [3.8, 4) is 5.75 Å². The summed E-state index contributed by atoms with van der Waals surface area (Å²) in [4.78, 5) is 29.3. The van der Waals surface area contributed by atoms with Crippen molar-refractivity contribution in [1.29, 1.82) is 0 Å². The number of anilines is 1. The maximum absolute atomic E-state index is 13.5. The molecule has 0 radical (unpaired) electrons. The van der Waals surface area contributed by atoms with E-state index in [9.17, 15) is 9.59 Å². The molecule has 0 atom stereocenters. The first kappa shape index (κ1) is 21.2. The van der Waals surface area contributed by atoms with E-state index in [0.717, 1.165) is 22.0 Å². The Balaban J connectivity index is 1.77. The molecule has 0 saturated heterocycles. The molecule has 0 aliphatic carbocycles. The number of rotatable bonds is 7. The molecule has 1 heterocycles. The van der Waals surface area contributed by atoms with Crippen LogP contribution in [0, 0.1) is 0 Å². The number of nitrogens with zero attached hydrogens (tertiary/aromatic N) is 1. The Labute approximate surface area is 190 Å². The molecule has 0 N–H and O–H groups in total. The molecule has 0 unspecified atom stereocenters. The van der Waals surface area contributed by atoms with Gasteiger partial charge in [0, 0.05) is 4.90 Å². The van der Waals surface area contributed by atoms with Gasteiger partial charge < -0.3 is 4.74 Å². The first-order chi connectivity index (χ1) is 15.1. The standard InChI is InChI=1S/C25H20ClNO3S/c1-2-16-30-18-14-12-17(13-15-18)22-23(31-19-8-4-3-5-9-19)25(29)27(24(22)28)21-11-7-6-10-20(21)26/h3-15H,2,16H2,1H3. The second-order valence-corrected chi connectivity index (χ2v) is 8.38. The van der Waals surface area contributed by atoms with Gasteiger partial charge >= 0.3 is 0 Å². The van der Waals surface area contributed by atoms with E-state index >= 15 is 0 Å². The van der Waals surface area contributed by atoms with E-state index in [1.54, 1.807) is 24.3 Å². The third-order valence-electron chi connectivity index (χ3n) is 4.71. The number of ether oxygens (including phenoxy) is 1. The van der Waals surface area contributed by atoms with E-state index < -0.39 is 5.91 Å². The number of para-hydroxylation sites is 1. The van der Waals surface area contributed by atoms with E-state index in [-0.39, 0.29) is 5.91 Å². The molecule has 3 aromatic carbocycles. The minimum Gasteiger partial charge on any atom is -0.494 e. The fourth-order valence-electron chi connectivity index (χ4n) is 3.25. The van der Waals surface area contributed by atoms with E-state index in [0.29, 0.717) is 33.4 Å². The van der Waals surface area contributed by atoms with E-state index in [4.69, 9.17) is 16.3 Å². The molecule has 0 aromatic heterocycles. The zero-order chi connectivity index (χ0) is 21.8. The van der Waals surface area contributed by atoms with Crippen molar-refractivity contribution < 1.29 is 14.3 Å². The van der Waals surface area contributed by atoms with Crippen molar-refractivity contribution in [3.05, 3.63) is 94.4 Å². The van der Waals surface area contributed by atoms with E-state index in [2.05, 4.69) is 0 Å². The smallest absolute Gasteiger partial charge is 0.272 e. The number of benzene rings is 3. The molecule has 156 valence electrons. The number of hydrogen-bond acceptors (Lipinski definition) is 4. The molecule has 1 aliphatic rings. The molecule has 0 fully saturated rings. The predicted molar refractivity (Wildman–Crippen MR) is 125 cm³/mol. The molecule has 2 amide bonds. The quantitative estimate of drug-likeness (QED) is 0.402. The first-order valence-electron chi connectivity index (χ1n) is 9.94. The predicted octanol–water partition coefficient (Wildman–Crippen LogP) is 6.21. The van der Waals surface area contributed by atoms with E-state index in [1.807, 2.05) is 61.5 Å². The lowest BCUT2D eigenvalue weighted by Gasteiger charge is -2.16. The third-order valence-corrected chi connectivity index (χ3v) is 6.12. The van der Waals surface area contributed by atoms with Crippen LogP contribution in [0.2, 0.25) is 5.02 Å². The van der Waals surface area contributed by atoms with Crippen LogP contribution in [0.25, 0.3) is 5.57 Å². The largest absolute Gasteiger partial charge is 0.494 e.